The molecule has 1 aromatic rings. The average molecular weight is 657 g/mol. The van der Waals surface area contributed by atoms with E-state index in [-0.39, 0.29) is 25.7 Å². The minimum atomic E-state index is -1.72. The molecular weight excluding hydrogens is 607 g/mol. The monoisotopic (exact) mass is 656 g/mol. The maximum Gasteiger partial charge on any atom is 0.457 e. The number of rotatable bonds is 8. The maximum atomic E-state index is 13.9. The number of hydrogen-bond acceptors (Lipinski definition) is 9. The summed E-state index contributed by atoms with van der Waals surface area (Å²) >= 11 is 0. The summed E-state index contributed by atoms with van der Waals surface area (Å²) in [6.45, 7) is 17.8. The Hall–Kier alpha value is -3.81. The van der Waals surface area contributed by atoms with Crippen LogP contribution >= 0.6 is 0 Å². The van der Waals surface area contributed by atoms with Crippen molar-refractivity contribution in [1.82, 2.24) is 10.2 Å². The van der Waals surface area contributed by atoms with Gasteiger partial charge in [-0.25, -0.2) is 9.59 Å². The third-order valence-corrected chi connectivity index (χ3v) is 8.13. The van der Waals surface area contributed by atoms with Crippen LogP contribution in [0.25, 0.3) is 10.4 Å². The van der Waals surface area contributed by atoms with Crippen LogP contribution in [0, 0.1) is 5.92 Å². The first-order valence-corrected chi connectivity index (χ1v) is 15.9. The Morgan fingerprint density at radius 1 is 1.02 bits per heavy atom. The number of ether oxygens (including phenoxy) is 3. The molecule has 2 heterocycles. The molecule has 0 radical (unpaired) electrons. The molecule has 2 atom stereocenters. The number of guanidine groups is 1. The van der Waals surface area contributed by atoms with Gasteiger partial charge in [-0.05, 0) is 93.1 Å². The van der Waals surface area contributed by atoms with E-state index in [9.17, 15) is 19.9 Å². The fourth-order valence-corrected chi connectivity index (χ4v) is 5.26. The Kier molecular flexibility index (Phi) is 11.6. The van der Waals surface area contributed by atoms with Crippen molar-refractivity contribution in [2.75, 3.05) is 13.1 Å². The molecular formula is C32H49BN6O8. The molecule has 2 fully saturated rings. The first kappa shape index (κ1) is 37.7. The number of likely N-dealkylation sites (tertiary alicyclic amines) is 1. The number of amides is 2. The van der Waals surface area contributed by atoms with E-state index in [0.717, 1.165) is 5.56 Å². The Bertz CT molecular complexity index is 1350. The van der Waals surface area contributed by atoms with Gasteiger partial charge in [0.05, 0.1) is 11.2 Å². The van der Waals surface area contributed by atoms with E-state index in [1.54, 1.807) is 41.5 Å². The third kappa shape index (κ3) is 10.3. The van der Waals surface area contributed by atoms with Crippen molar-refractivity contribution < 1.29 is 37.9 Å². The zero-order valence-corrected chi connectivity index (χ0v) is 29.3. The van der Waals surface area contributed by atoms with Crippen LogP contribution in [0.5, 0.6) is 0 Å². The summed E-state index contributed by atoms with van der Waals surface area (Å²) in [5, 5.41) is 6.58. The van der Waals surface area contributed by atoms with Gasteiger partial charge in [-0.15, -0.1) is 4.99 Å². The standard InChI is InChI=1S/C32H49BN6O8/c1-28(2,3)44-26(41)35-25(36-27(42)45-29(4,5)6)39-19-23(17-14-18-33-46-30(7,8)31(9,10)47-33)32(21-39,37-38-34)24(40)43-20-22-15-12-11-13-16-22/h11-13,15-16,23H,14,17-21H2,1-10H3,(H,35,36,41,42)/t23-,32-/m1/s1. The number of carbonyl (C=O) groups is 3. The molecule has 15 heteroatoms. The molecule has 258 valence electrons. The van der Waals surface area contributed by atoms with Gasteiger partial charge in [0.15, 0.2) is 5.54 Å². The van der Waals surface area contributed by atoms with Crippen LogP contribution in [0.15, 0.2) is 40.4 Å². The lowest BCUT2D eigenvalue weighted by molar-refractivity contribution is -0.152. The lowest BCUT2D eigenvalue weighted by Crippen LogP contribution is -2.49. The van der Waals surface area contributed by atoms with E-state index in [4.69, 9.17) is 23.5 Å². The van der Waals surface area contributed by atoms with Gasteiger partial charge in [0.2, 0.25) is 5.96 Å². The number of azide groups is 1. The zero-order valence-electron chi connectivity index (χ0n) is 29.3. The Labute approximate surface area is 277 Å². The van der Waals surface area contributed by atoms with E-state index in [1.807, 2.05) is 58.0 Å². The summed E-state index contributed by atoms with van der Waals surface area (Å²) in [4.78, 5) is 48.3. The van der Waals surface area contributed by atoms with Gasteiger partial charge >= 0.3 is 25.3 Å². The van der Waals surface area contributed by atoms with Crippen molar-refractivity contribution >= 4 is 31.2 Å². The second kappa shape index (κ2) is 14.5. The SMILES string of the molecule is CC(C)(C)OC(=O)/N=C(/NC(=O)OC(C)(C)C)N1C[C@@H](CCCB2OC(C)(C)C(C)(C)O2)[C@@](N=[N+]=[N-])(C(=O)OCc2ccccc2)C1. The van der Waals surface area contributed by atoms with Crippen molar-refractivity contribution in [3.8, 4) is 0 Å². The molecule has 3 rings (SSSR count). The van der Waals surface area contributed by atoms with Crippen LogP contribution < -0.4 is 5.32 Å². The highest BCUT2D eigenvalue weighted by atomic mass is 16.7. The molecule has 0 aliphatic carbocycles. The van der Waals surface area contributed by atoms with E-state index >= 15 is 0 Å². The maximum absolute atomic E-state index is 13.9. The van der Waals surface area contributed by atoms with Crippen LogP contribution in [-0.2, 0) is 34.9 Å². The predicted molar refractivity (Wildman–Crippen MR) is 176 cm³/mol. The van der Waals surface area contributed by atoms with Crippen molar-refractivity contribution in [2.24, 2.45) is 16.0 Å². The number of aliphatic imine (C=N–C) groups is 1. The van der Waals surface area contributed by atoms with Gasteiger partial charge in [0.1, 0.15) is 17.8 Å². The fraction of sp³-hybridized carbons (Fsp3) is 0.688. The van der Waals surface area contributed by atoms with E-state index in [1.165, 1.54) is 4.90 Å². The smallest absolute Gasteiger partial charge is 0.457 e. The highest BCUT2D eigenvalue weighted by Gasteiger charge is 2.55. The van der Waals surface area contributed by atoms with Crippen molar-refractivity contribution in [1.29, 1.82) is 0 Å². The Morgan fingerprint density at radius 2 is 1.62 bits per heavy atom. The predicted octanol–water partition coefficient (Wildman–Crippen LogP) is 6.40. The number of nitrogens with zero attached hydrogens (tertiary/aromatic N) is 5. The van der Waals surface area contributed by atoms with Crippen LogP contribution in [0.1, 0.15) is 87.6 Å². The summed E-state index contributed by atoms with van der Waals surface area (Å²) < 4.78 is 28.8. The number of hydrogen-bond donors (Lipinski definition) is 1. The topological polar surface area (TPSA) is 174 Å². The first-order valence-electron chi connectivity index (χ1n) is 15.9. The Morgan fingerprint density at radius 3 is 2.17 bits per heavy atom. The summed E-state index contributed by atoms with van der Waals surface area (Å²) in [6.07, 6.45) is -0.378. The summed E-state index contributed by atoms with van der Waals surface area (Å²) in [7, 11) is -0.463. The van der Waals surface area contributed by atoms with Gasteiger partial charge in [-0.3, -0.25) is 10.1 Å². The largest absolute Gasteiger partial charge is 0.460 e. The van der Waals surface area contributed by atoms with Crippen molar-refractivity contribution in [3.05, 3.63) is 46.3 Å². The second-order valence-corrected chi connectivity index (χ2v) is 14.9. The quantitative estimate of drug-likeness (QED) is 0.0485. The molecule has 1 aromatic carbocycles. The van der Waals surface area contributed by atoms with Crippen molar-refractivity contribution in [3.63, 3.8) is 0 Å². The minimum absolute atomic E-state index is 0.0436. The van der Waals surface area contributed by atoms with Gasteiger partial charge in [-0.1, -0.05) is 41.9 Å². The molecule has 2 aliphatic rings. The number of alkyl carbamates (subject to hydrolysis) is 1. The normalized spacial score (nSPS) is 22.3. The second-order valence-electron chi connectivity index (χ2n) is 14.9. The van der Waals surface area contributed by atoms with Crippen LogP contribution in [0.2, 0.25) is 6.32 Å². The van der Waals surface area contributed by atoms with Gasteiger partial charge in [0.25, 0.3) is 0 Å². The lowest BCUT2D eigenvalue weighted by Gasteiger charge is -2.32. The molecule has 2 saturated heterocycles. The molecule has 0 unspecified atom stereocenters. The molecule has 0 bridgehead atoms. The minimum Gasteiger partial charge on any atom is -0.460 e. The first-order chi connectivity index (χ1) is 21.7. The average Bonchev–Trinajstić information content (AvgIpc) is 3.38. The number of benzene rings is 1. The molecule has 2 aliphatic heterocycles. The molecule has 0 spiro atoms. The molecule has 47 heavy (non-hydrogen) atoms. The van der Waals surface area contributed by atoms with Gasteiger partial charge < -0.3 is 28.4 Å². The molecule has 14 nitrogen and oxygen atoms in total. The van der Waals surface area contributed by atoms with Gasteiger partial charge in [-0.2, -0.15) is 0 Å². The van der Waals surface area contributed by atoms with E-state index in [0.29, 0.717) is 19.2 Å². The fourth-order valence-electron chi connectivity index (χ4n) is 5.26. The number of nitrogens with one attached hydrogen (secondary N) is 1. The Balaban J connectivity index is 1.94. The highest BCUT2D eigenvalue weighted by molar-refractivity contribution is 6.45. The van der Waals surface area contributed by atoms with E-state index < -0.39 is 59.1 Å². The van der Waals surface area contributed by atoms with E-state index in [2.05, 4.69) is 20.3 Å². The summed E-state index contributed by atoms with van der Waals surface area (Å²) in [5.74, 6) is -1.56. The molecule has 1 N–H and O–H groups in total. The molecule has 0 saturated carbocycles. The van der Waals surface area contributed by atoms with Crippen LogP contribution in [-0.4, -0.2) is 77.2 Å². The van der Waals surface area contributed by atoms with Crippen LogP contribution in [0.4, 0.5) is 9.59 Å². The van der Waals surface area contributed by atoms with Crippen LogP contribution in [0.3, 0.4) is 0 Å². The third-order valence-electron chi connectivity index (χ3n) is 8.13. The summed E-state index contributed by atoms with van der Waals surface area (Å²) in [5.41, 5.74) is 6.04. The molecule has 0 aromatic heterocycles. The van der Waals surface area contributed by atoms with Gasteiger partial charge in [0, 0.05) is 23.9 Å². The molecule has 2 amide bonds. The number of carbonyl (C=O) groups excluding carboxylic acids is 3. The van der Waals surface area contributed by atoms with Crippen molar-refractivity contribution in [2.45, 2.75) is 123 Å². The number of esters is 1. The zero-order chi connectivity index (χ0) is 35.3. The highest BCUT2D eigenvalue weighted by Crippen LogP contribution is 2.40. The lowest BCUT2D eigenvalue weighted by atomic mass is 9.78. The summed E-state index contributed by atoms with van der Waals surface area (Å²) in [6, 6.07) is 9.12.